The highest BCUT2D eigenvalue weighted by molar-refractivity contribution is 7.91. The van der Waals surface area contributed by atoms with Gasteiger partial charge in [-0.25, -0.2) is 13.4 Å². The molecule has 0 saturated heterocycles. The Bertz CT molecular complexity index is 899. The van der Waals surface area contributed by atoms with Gasteiger partial charge in [0.25, 0.3) is 0 Å². The summed E-state index contributed by atoms with van der Waals surface area (Å²) in [5, 5.41) is 6.35. The second kappa shape index (κ2) is 11.3. The number of rotatable bonds is 10. The summed E-state index contributed by atoms with van der Waals surface area (Å²) in [7, 11) is -0.0514. The van der Waals surface area contributed by atoms with E-state index < -0.39 is 9.84 Å². The molecule has 0 bridgehead atoms. The van der Waals surface area contributed by atoms with Gasteiger partial charge in [-0.1, -0.05) is 18.2 Å². The Balaban J connectivity index is 1.93. The molecule has 0 amide bonds. The molecule has 29 heavy (non-hydrogen) atoms. The van der Waals surface area contributed by atoms with E-state index in [0.29, 0.717) is 42.7 Å². The van der Waals surface area contributed by atoms with Gasteiger partial charge in [0.2, 0.25) is 0 Å². The van der Waals surface area contributed by atoms with Gasteiger partial charge in [0.05, 0.1) is 31.4 Å². The van der Waals surface area contributed by atoms with Crippen LogP contribution >= 0.6 is 0 Å². The predicted molar refractivity (Wildman–Crippen MR) is 115 cm³/mol. The van der Waals surface area contributed by atoms with Gasteiger partial charge in [-0.3, -0.25) is 0 Å². The number of aliphatic imine (C=N–C) groups is 1. The Morgan fingerprint density at radius 1 is 1.03 bits per heavy atom. The number of ether oxygens (including phenoxy) is 2. The van der Waals surface area contributed by atoms with E-state index in [2.05, 4.69) is 15.6 Å². The summed E-state index contributed by atoms with van der Waals surface area (Å²) >= 11 is 0. The molecule has 2 rings (SSSR count). The van der Waals surface area contributed by atoms with E-state index >= 15 is 0 Å². The van der Waals surface area contributed by atoms with Crippen molar-refractivity contribution in [1.29, 1.82) is 0 Å². The maximum absolute atomic E-state index is 12.3. The van der Waals surface area contributed by atoms with Gasteiger partial charge in [0, 0.05) is 24.7 Å². The van der Waals surface area contributed by atoms with Crippen LogP contribution in [0.3, 0.4) is 0 Å². The van der Waals surface area contributed by atoms with Crippen molar-refractivity contribution in [3.05, 3.63) is 54.1 Å². The molecular formula is C21H29N3O4S. The highest BCUT2D eigenvalue weighted by atomic mass is 32.2. The van der Waals surface area contributed by atoms with Gasteiger partial charge < -0.3 is 20.1 Å². The molecule has 2 N–H and O–H groups in total. The van der Waals surface area contributed by atoms with Crippen molar-refractivity contribution in [2.75, 3.05) is 33.1 Å². The zero-order chi connectivity index (χ0) is 21.1. The summed E-state index contributed by atoms with van der Waals surface area (Å²) in [6.07, 6.45) is 0.480. The molecule has 158 valence electrons. The molecule has 0 atom stereocenters. The van der Waals surface area contributed by atoms with Crippen LogP contribution in [0.5, 0.6) is 11.5 Å². The Morgan fingerprint density at radius 2 is 1.79 bits per heavy atom. The molecule has 7 nitrogen and oxygen atoms in total. The van der Waals surface area contributed by atoms with E-state index in [1.54, 1.807) is 44.6 Å². The molecule has 0 radical (unpaired) electrons. The average molecular weight is 420 g/mol. The SMILES string of the molecule is CCNC(=NCc1ccc(OC)cc1OC)NCCCS(=O)(=O)c1ccccc1. The minimum Gasteiger partial charge on any atom is -0.497 e. The van der Waals surface area contributed by atoms with Gasteiger partial charge >= 0.3 is 0 Å². The lowest BCUT2D eigenvalue weighted by Crippen LogP contribution is -2.38. The average Bonchev–Trinajstić information content (AvgIpc) is 2.75. The first-order valence-electron chi connectivity index (χ1n) is 9.51. The highest BCUT2D eigenvalue weighted by Crippen LogP contribution is 2.25. The molecule has 0 aliphatic rings. The van der Waals surface area contributed by atoms with E-state index in [0.717, 1.165) is 11.3 Å². The summed E-state index contributed by atoms with van der Waals surface area (Å²) in [4.78, 5) is 4.92. The fourth-order valence-electron chi connectivity index (χ4n) is 2.70. The van der Waals surface area contributed by atoms with Crippen LogP contribution in [0, 0.1) is 0 Å². The molecule has 0 aromatic heterocycles. The van der Waals surface area contributed by atoms with Crippen molar-refractivity contribution in [2.45, 2.75) is 24.8 Å². The van der Waals surface area contributed by atoms with Gasteiger partial charge in [-0.15, -0.1) is 0 Å². The fourth-order valence-corrected chi connectivity index (χ4v) is 4.04. The first-order valence-corrected chi connectivity index (χ1v) is 11.2. The second-order valence-electron chi connectivity index (χ2n) is 6.29. The zero-order valence-electron chi connectivity index (χ0n) is 17.1. The molecule has 2 aromatic rings. The number of methoxy groups -OCH3 is 2. The summed E-state index contributed by atoms with van der Waals surface area (Å²) in [6.45, 7) is 3.60. The number of guanidine groups is 1. The van der Waals surface area contributed by atoms with Crippen LogP contribution in [0.1, 0.15) is 18.9 Å². The second-order valence-corrected chi connectivity index (χ2v) is 8.39. The Morgan fingerprint density at radius 3 is 2.45 bits per heavy atom. The van der Waals surface area contributed by atoms with Gasteiger partial charge in [0.1, 0.15) is 11.5 Å². The third kappa shape index (κ3) is 6.98. The van der Waals surface area contributed by atoms with Crippen LogP contribution in [0.2, 0.25) is 0 Å². The van der Waals surface area contributed by atoms with E-state index in [9.17, 15) is 8.42 Å². The van der Waals surface area contributed by atoms with Crippen LogP contribution in [-0.2, 0) is 16.4 Å². The third-order valence-corrected chi connectivity index (χ3v) is 6.05. The molecule has 0 unspecified atom stereocenters. The lowest BCUT2D eigenvalue weighted by molar-refractivity contribution is 0.391. The number of hydrogen-bond acceptors (Lipinski definition) is 5. The molecular weight excluding hydrogens is 390 g/mol. The van der Waals surface area contributed by atoms with E-state index in [-0.39, 0.29) is 5.75 Å². The number of hydrogen-bond donors (Lipinski definition) is 2. The minimum absolute atomic E-state index is 0.0791. The lowest BCUT2D eigenvalue weighted by Gasteiger charge is -2.13. The molecule has 0 aliphatic carbocycles. The molecule has 0 aliphatic heterocycles. The maximum Gasteiger partial charge on any atom is 0.191 e. The third-order valence-electron chi connectivity index (χ3n) is 4.23. The molecule has 0 saturated carbocycles. The van der Waals surface area contributed by atoms with Crippen LogP contribution in [0.25, 0.3) is 0 Å². The smallest absolute Gasteiger partial charge is 0.191 e. The molecule has 2 aromatic carbocycles. The van der Waals surface area contributed by atoms with Crippen LogP contribution < -0.4 is 20.1 Å². The van der Waals surface area contributed by atoms with Crippen molar-refractivity contribution < 1.29 is 17.9 Å². The van der Waals surface area contributed by atoms with Crippen LogP contribution in [0.4, 0.5) is 0 Å². The Kier molecular flexibility index (Phi) is 8.79. The van der Waals surface area contributed by atoms with Crippen molar-refractivity contribution in [2.24, 2.45) is 4.99 Å². The summed E-state index contributed by atoms with van der Waals surface area (Å²) < 4.78 is 35.3. The monoisotopic (exact) mass is 419 g/mol. The summed E-state index contributed by atoms with van der Waals surface area (Å²) in [5.74, 6) is 2.13. The Hall–Kier alpha value is -2.74. The first kappa shape index (κ1) is 22.5. The predicted octanol–water partition coefficient (Wildman–Crippen LogP) is 2.62. The van der Waals surface area contributed by atoms with Gasteiger partial charge in [-0.05, 0) is 37.6 Å². The summed E-state index contributed by atoms with van der Waals surface area (Å²) in [5.41, 5.74) is 0.928. The lowest BCUT2D eigenvalue weighted by atomic mass is 10.2. The normalized spacial score (nSPS) is 11.8. The van der Waals surface area contributed by atoms with Gasteiger partial charge in [-0.2, -0.15) is 0 Å². The van der Waals surface area contributed by atoms with E-state index in [1.807, 2.05) is 25.1 Å². The van der Waals surface area contributed by atoms with Gasteiger partial charge in [0.15, 0.2) is 15.8 Å². The highest BCUT2D eigenvalue weighted by Gasteiger charge is 2.13. The molecule has 0 fully saturated rings. The van der Waals surface area contributed by atoms with Crippen LogP contribution in [0.15, 0.2) is 58.4 Å². The number of sulfone groups is 1. The first-order chi connectivity index (χ1) is 14.0. The fraction of sp³-hybridized carbons (Fsp3) is 0.381. The van der Waals surface area contributed by atoms with Crippen molar-refractivity contribution in [1.82, 2.24) is 10.6 Å². The molecule has 8 heteroatoms. The van der Waals surface area contributed by atoms with Crippen molar-refractivity contribution in [3.63, 3.8) is 0 Å². The van der Waals surface area contributed by atoms with E-state index in [4.69, 9.17) is 9.47 Å². The topological polar surface area (TPSA) is 89.0 Å². The standard InChI is InChI=1S/C21H29N3O4S/c1-4-22-21(24-16-17-11-12-18(27-2)15-20(17)28-3)23-13-8-14-29(25,26)19-9-6-5-7-10-19/h5-7,9-12,15H,4,8,13-14,16H2,1-3H3,(H2,22,23,24). The number of benzene rings is 2. The summed E-state index contributed by atoms with van der Waals surface area (Å²) in [6, 6.07) is 14.1. The number of nitrogens with one attached hydrogen (secondary N) is 2. The van der Waals surface area contributed by atoms with Crippen molar-refractivity contribution >= 4 is 15.8 Å². The molecule has 0 heterocycles. The molecule has 0 spiro atoms. The zero-order valence-corrected chi connectivity index (χ0v) is 18.0. The number of nitrogens with zero attached hydrogens (tertiary/aromatic N) is 1. The quantitative estimate of drug-likeness (QED) is 0.350. The largest absolute Gasteiger partial charge is 0.497 e. The maximum atomic E-state index is 12.3. The van der Waals surface area contributed by atoms with Crippen molar-refractivity contribution in [3.8, 4) is 11.5 Å². The van der Waals surface area contributed by atoms with Crippen LogP contribution in [-0.4, -0.2) is 47.4 Å². The van der Waals surface area contributed by atoms with E-state index in [1.165, 1.54) is 0 Å². The minimum atomic E-state index is -3.27. The Labute approximate surface area is 173 Å².